The highest BCUT2D eigenvalue weighted by Crippen LogP contribution is 2.62. The molecule has 0 amide bonds. The van der Waals surface area contributed by atoms with Crippen molar-refractivity contribution in [2.45, 2.75) is 103 Å². The Morgan fingerprint density at radius 3 is 2.18 bits per heavy atom. The second-order valence-electron chi connectivity index (χ2n) is 13.1. The van der Waals surface area contributed by atoms with E-state index in [-0.39, 0.29) is 32.0 Å². The SMILES string of the molecule is COCC1=C[C@@H]2OC(=O)[C@H](C)[C@@]2(O)[C@@H](OC(C)=O)[C@H]2[C@@]3(CO3)[C@H](OC(=O)CC(C)C)C[C@H](OC(C)=O)[C@]2(C)[C@@H](OC(C)=O)C=C1. The topological polar surface area (TPSA) is 173 Å². The molecule has 0 aromatic heterocycles. The largest absolute Gasteiger partial charge is 0.462 e. The van der Waals surface area contributed by atoms with E-state index in [0.717, 1.165) is 6.92 Å². The molecule has 4 aliphatic rings. The number of carbonyl (C=O) groups is 5. The minimum absolute atomic E-state index is 0.00262. The van der Waals surface area contributed by atoms with Crippen LogP contribution in [0, 0.1) is 23.2 Å². The molecule has 13 heteroatoms. The first-order chi connectivity index (χ1) is 21.0. The van der Waals surface area contributed by atoms with Gasteiger partial charge in [-0.1, -0.05) is 26.8 Å². The summed E-state index contributed by atoms with van der Waals surface area (Å²) in [5.41, 5.74) is -4.63. The number of methoxy groups -OCH3 is 1. The molecule has 250 valence electrons. The number of rotatable bonds is 8. The molecular formula is C32H44O13. The van der Waals surface area contributed by atoms with Crippen LogP contribution in [0.1, 0.15) is 61.3 Å². The van der Waals surface area contributed by atoms with E-state index >= 15 is 0 Å². The van der Waals surface area contributed by atoms with Crippen LogP contribution in [0.15, 0.2) is 23.8 Å². The van der Waals surface area contributed by atoms with Crippen molar-refractivity contribution in [3.63, 3.8) is 0 Å². The molecule has 2 heterocycles. The number of esters is 5. The Morgan fingerprint density at radius 1 is 1.02 bits per heavy atom. The Balaban J connectivity index is 2.05. The fourth-order valence-electron chi connectivity index (χ4n) is 7.25. The number of hydrogen-bond donors (Lipinski definition) is 1. The molecule has 0 aromatic rings. The molecule has 13 nitrogen and oxygen atoms in total. The summed E-state index contributed by atoms with van der Waals surface area (Å²) < 4.78 is 41.0. The maximum atomic E-state index is 13.1. The van der Waals surface area contributed by atoms with E-state index < -0.39 is 88.8 Å². The fraction of sp³-hybridized carbons (Fsp3) is 0.719. The van der Waals surface area contributed by atoms with Gasteiger partial charge < -0.3 is 38.3 Å². The summed E-state index contributed by atoms with van der Waals surface area (Å²) in [5, 5.41) is 12.7. The Labute approximate surface area is 262 Å². The minimum Gasteiger partial charge on any atom is -0.462 e. The van der Waals surface area contributed by atoms with E-state index in [4.69, 9.17) is 33.2 Å². The van der Waals surface area contributed by atoms with Gasteiger partial charge in [-0.25, -0.2) is 0 Å². The summed E-state index contributed by atoms with van der Waals surface area (Å²) in [4.78, 5) is 64.3. The highest BCUT2D eigenvalue weighted by molar-refractivity contribution is 5.78. The first-order valence-electron chi connectivity index (χ1n) is 15.2. The smallest absolute Gasteiger partial charge is 0.312 e. The number of ether oxygens (including phenoxy) is 7. The van der Waals surface area contributed by atoms with Gasteiger partial charge in [-0.15, -0.1) is 0 Å². The third-order valence-electron chi connectivity index (χ3n) is 9.36. The first-order valence-corrected chi connectivity index (χ1v) is 15.2. The standard InChI is InChI=1S/C32H44O13/c1-16(2)11-26(36)44-24-13-23(42-19(5)34)30(7)22(41-18(4)33)10-9-21(14-39-8)12-25-32(38,17(3)29(37)45-25)28(43-20(6)35)27(30)31(24)15-40-31/h9-10,12,16-17,22-25,27-28,38H,11,13-15H2,1-8H3/t17-,22-,23-,24+,25-,27+,28-,30-,31+,32-/m0/s1. The van der Waals surface area contributed by atoms with Gasteiger partial charge >= 0.3 is 29.8 Å². The lowest BCUT2D eigenvalue weighted by Crippen LogP contribution is -2.71. The molecule has 2 aliphatic heterocycles. The van der Waals surface area contributed by atoms with Crippen molar-refractivity contribution in [3.8, 4) is 0 Å². The molecule has 0 unspecified atom stereocenters. The molecule has 4 rings (SSSR count). The average Bonchev–Trinajstić information content (AvgIpc) is 3.67. The van der Waals surface area contributed by atoms with Crippen LogP contribution in [0.5, 0.6) is 0 Å². The van der Waals surface area contributed by atoms with Crippen molar-refractivity contribution in [2.24, 2.45) is 23.2 Å². The van der Waals surface area contributed by atoms with Crippen LogP contribution < -0.4 is 0 Å². The fourth-order valence-corrected chi connectivity index (χ4v) is 7.25. The summed E-state index contributed by atoms with van der Waals surface area (Å²) in [5.74, 6) is -5.82. The lowest BCUT2D eigenvalue weighted by molar-refractivity contribution is -0.252. The number of carbonyl (C=O) groups excluding carboxylic acids is 5. The van der Waals surface area contributed by atoms with Gasteiger partial charge in [0.2, 0.25) is 0 Å². The average molecular weight is 637 g/mol. The van der Waals surface area contributed by atoms with Crippen molar-refractivity contribution in [3.05, 3.63) is 23.8 Å². The van der Waals surface area contributed by atoms with Crippen LogP contribution in [0.3, 0.4) is 0 Å². The number of hydrogen-bond acceptors (Lipinski definition) is 13. The summed E-state index contributed by atoms with van der Waals surface area (Å²) in [6, 6.07) is 0. The minimum atomic E-state index is -2.21. The molecule has 1 saturated carbocycles. The molecule has 2 saturated heterocycles. The molecule has 1 spiro atoms. The van der Waals surface area contributed by atoms with Crippen molar-refractivity contribution < 1.29 is 62.2 Å². The van der Waals surface area contributed by atoms with Crippen LogP contribution in [-0.4, -0.2) is 97.0 Å². The normalized spacial score (nSPS) is 38.8. The first kappa shape index (κ1) is 34.6. The zero-order valence-electron chi connectivity index (χ0n) is 27.0. The van der Waals surface area contributed by atoms with E-state index in [1.807, 2.05) is 13.8 Å². The van der Waals surface area contributed by atoms with Gasteiger partial charge in [-0.05, 0) is 30.6 Å². The van der Waals surface area contributed by atoms with Crippen LogP contribution in [-0.2, 0) is 57.1 Å². The number of epoxide rings is 1. The summed E-state index contributed by atoms with van der Waals surface area (Å²) in [6.07, 6.45) is -1.46. The molecule has 45 heavy (non-hydrogen) atoms. The quantitative estimate of drug-likeness (QED) is 0.233. The van der Waals surface area contributed by atoms with Gasteiger partial charge in [0.1, 0.15) is 30.0 Å². The zero-order chi connectivity index (χ0) is 33.5. The number of aliphatic hydroxyl groups is 1. The van der Waals surface area contributed by atoms with E-state index in [1.54, 1.807) is 19.1 Å². The van der Waals surface area contributed by atoms with Crippen molar-refractivity contribution in [1.29, 1.82) is 0 Å². The molecule has 10 atom stereocenters. The molecule has 3 fully saturated rings. The van der Waals surface area contributed by atoms with Crippen molar-refractivity contribution in [1.82, 2.24) is 0 Å². The second-order valence-corrected chi connectivity index (χ2v) is 13.1. The molecule has 0 bridgehead atoms. The Kier molecular flexibility index (Phi) is 9.87. The zero-order valence-corrected chi connectivity index (χ0v) is 27.0. The van der Waals surface area contributed by atoms with Gasteiger partial charge in [0, 0.05) is 46.6 Å². The van der Waals surface area contributed by atoms with Crippen molar-refractivity contribution in [2.75, 3.05) is 20.3 Å². The van der Waals surface area contributed by atoms with Gasteiger partial charge in [-0.2, -0.15) is 0 Å². The highest BCUT2D eigenvalue weighted by atomic mass is 16.6. The predicted molar refractivity (Wildman–Crippen MR) is 154 cm³/mol. The third-order valence-corrected chi connectivity index (χ3v) is 9.36. The Hall–Kier alpha value is -3.29. The lowest BCUT2D eigenvalue weighted by Gasteiger charge is -2.57. The van der Waals surface area contributed by atoms with Crippen molar-refractivity contribution >= 4 is 29.8 Å². The van der Waals surface area contributed by atoms with Gasteiger partial charge in [0.25, 0.3) is 0 Å². The monoisotopic (exact) mass is 636 g/mol. The van der Waals surface area contributed by atoms with Crippen LogP contribution in [0.4, 0.5) is 0 Å². The Morgan fingerprint density at radius 2 is 1.64 bits per heavy atom. The molecule has 1 N–H and O–H groups in total. The van der Waals surface area contributed by atoms with E-state index in [1.165, 1.54) is 34.0 Å². The summed E-state index contributed by atoms with van der Waals surface area (Å²) in [7, 11) is 1.46. The van der Waals surface area contributed by atoms with E-state index in [0.29, 0.717) is 5.57 Å². The predicted octanol–water partition coefficient (Wildman–Crippen LogP) is 1.97. The molecule has 2 aliphatic carbocycles. The maximum Gasteiger partial charge on any atom is 0.312 e. The molecule has 0 radical (unpaired) electrons. The van der Waals surface area contributed by atoms with Crippen LogP contribution >= 0.6 is 0 Å². The lowest BCUT2D eigenvalue weighted by atomic mass is 9.52. The van der Waals surface area contributed by atoms with E-state index in [9.17, 15) is 29.1 Å². The maximum absolute atomic E-state index is 13.1. The number of fused-ring (bicyclic) bond motifs is 3. The third kappa shape index (κ3) is 6.39. The summed E-state index contributed by atoms with van der Waals surface area (Å²) in [6.45, 7) is 10.5. The second kappa shape index (κ2) is 12.8. The van der Waals surface area contributed by atoms with Crippen LogP contribution in [0.25, 0.3) is 0 Å². The van der Waals surface area contributed by atoms with Gasteiger partial charge in [0.15, 0.2) is 11.7 Å². The molecule has 0 aromatic carbocycles. The molecular weight excluding hydrogens is 592 g/mol. The van der Waals surface area contributed by atoms with Gasteiger partial charge in [0.05, 0.1) is 24.5 Å². The van der Waals surface area contributed by atoms with Crippen LogP contribution in [0.2, 0.25) is 0 Å². The highest BCUT2D eigenvalue weighted by Gasteiger charge is 2.78. The summed E-state index contributed by atoms with van der Waals surface area (Å²) >= 11 is 0. The van der Waals surface area contributed by atoms with E-state index in [2.05, 4.69) is 0 Å². The Bertz CT molecular complexity index is 1270. The van der Waals surface area contributed by atoms with Gasteiger partial charge in [-0.3, -0.25) is 24.0 Å².